The maximum absolute atomic E-state index is 13.6. The van der Waals surface area contributed by atoms with E-state index in [1.165, 1.54) is 0 Å². The van der Waals surface area contributed by atoms with Gasteiger partial charge in [-0.3, -0.25) is 0 Å². The van der Waals surface area contributed by atoms with Crippen molar-refractivity contribution >= 4 is 11.3 Å². The Balaban J connectivity index is 3.46. The van der Waals surface area contributed by atoms with Crippen molar-refractivity contribution < 1.29 is 14.6 Å². The van der Waals surface area contributed by atoms with Crippen molar-refractivity contribution in [2.75, 3.05) is 5.73 Å². The number of allylic oxidation sites excluding steroid dienone is 2. The van der Waals surface area contributed by atoms with Gasteiger partial charge in [-0.1, -0.05) is 19.6 Å². The third-order valence-electron chi connectivity index (χ3n) is 2.16. The summed E-state index contributed by atoms with van der Waals surface area (Å²) in [7, 11) is 0. The van der Waals surface area contributed by atoms with E-state index in [-0.39, 0.29) is 28.3 Å². The van der Waals surface area contributed by atoms with Crippen LogP contribution in [0.2, 0.25) is 0 Å². The lowest BCUT2D eigenvalue weighted by Gasteiger charge is -2.11. The van der Waals surface area contributed by atoms with Gasteiger partial charge in [0.25, 0.3) is 0 Å². The molecule has 0 aliphatic heterocycles. The molecule has 4 N–H and O–H groups in total. The highest BCUT2D eigenvalue weighted by atomic mass is 19.1. The molecule has 0 radical (unpaired) electrons. The Labute approximate surface area is 93.3 Å². The van der Waals surface area contributed by atoms with Crippen LogP contribution in [0, 0.1) is 5.82 Å². The van der Waals surface area contributed by atoms with Gasteiger partial charge in [-0.2, -0.15) is 0 Å². The number of hydrogen-bond donors (Lipinski definition) is 3. The molecule has 0 bridgehead atoms. The SMILES string of the molecule is C=C(O)/C(=C\CC)c1c(F)ccc(O)c1N. The monoisotopic (exact) mass is 223 g/mol. The summed E-state index contributed by atoms with van der Waals surface area (Å²) in [4.78, 5) is 0. The molecule has 3 nitrogen and oxygen atoms in total. The Morgan fingerprint density at radius 3 is 2.69 bits per heavy atom. The van der Waals surface area contributed by atoms with E-state index < -0.39 is 5.82 Å². The van der Waals surface area contributed by atoms with Crippen LogP contribution in [0.1, 0.15) is 18.9 Å². The van der Waals surface area contributed by atoms with Crippen molar-refractivity contribution in [3.63, 3.8) is 0 Å². The number of nitrogens with two attached hydrogens (primary N) is 1. The Morgan fingerprint density at radius 1 is 1.56 bits per heavy atom. The summed E-state index contributed by atoms with van der Waals surface area (Å²) in [6.45, 7) is 5.18. The quantitative estimate of drug-likeness (QED) is 0.319. The predicted molar refractivity (Wildman–Crippen MR) is 62.5 cm³/mol. The molecule has 0 spiro atoms. The van der Waals surface area contributed by atoms with E-state index in [0.29, 0.717) is 6.42 Å². The lowest BCUT2D eigenvalue weighted by atomic mass is 10.0. The Morgan fingerprint density at radius 2 is 2.19 bits per heavy atom. The number of anilines is 1. The molecule has 0 fully saturated rings. The number of phenolic OH excluding ortho intramolecular Hbond substituents is 1. The number of rotatable bonds is 3. The largest absolute Gasteiger partial charge is 0.508 e. The van der Waals surface area contributed by atoms with E-state index in [0.717, 1.165) is 12.1 Å². The number of benzene rings is 1. The highest BCUT2D eigenvalue weighted by Crippen LogP contribution is 2.34. The van der Waals surface area contributed by atoms with E-state index in [4.69, 9.17) is 5.73 Å². The summed E-state index contributed by atoms with van der Waals surface area (Å²) in [5, 5.41) is 18.8. The van der Waals surface area contributed by atoms with Crippen LogP contribution in [-0.4, -0.2) is 10.2 Å². The number of nitrogen functional groups attached to an aromatic ring is 1. The first-order chi connectivity index (χ1) is 7.49. The van der Waals surface area contributed by atoms with Gasteiger partial charge >= 0.3 is 0 Å². The van der Waals surface area contributed by atoms with Gasteiger partial charge in [0.1, 0.15) is 17.3 Å². The van der Waals surface area contributed by atoms with Gasteiger partial charge in [-0.25, -0.2) is 4.39 Å². The van der Waals surface area contributed by atoms with E-state index in [2.05, 4.69) is 6.58 Å². The molecule has 1 aromatic rings. The van der Waals surface area contributed by atoms with E-state index in [1.807, 2.05) is 6.92 Å². The summed E-state index contributed by atoms with van der Waals surface area (Å²) < 4.78 is 13.6. The Kier molecular flexibility index (Phi) is 3.55. The van der Waals surface area contributed by atoms with Crippen LogP contribution in [0.3, 0.4) is 0 Å². The fourth-order valence-corrected chi connectivity index (χ4v) is 1.42. The maximum Gasteiger partial charge on any atom is 0.139 e. The molecule has 0 unspecified atom stereocenters. The van der Waals surface area contributed by atoms with Crippen LogP contribution >= 0.6 is 0 Å². The smallest absolute Gasteiger partial charge is 0.139 e. The molecule has 86 valence electrons. The standard InChI is InChI=1S/C12H14FNO2/c1-3-4-8(7(2)15)11-9(13)5-6-10(16)12(11)14/h4-6,15-16H,2-3,14H2,1H3/b8-4+. The van der Waals surface area contributed by atoms with Gasteiger partial charge in [0, 0.05) is 11.1 Å². The number of halogens is 1. The average molecular weight is 223 g/mol. The first-order valence-electron chi connectivity index (χ1n) is 4.84. The van der Waals surface area contributed by atoms with Gasteiger partial charge in [-0.05, 0) is 18.6 Å². The van der Waals surface area contributed by atoms with Gasteiger partial charge < -0.3 is 15.9 Å². The summed E-state index contributed by atoms with van der Waals surface area (Å²) >= 11 is 0. The van der Waals surface area contributed by atoms with E-state index >= 15 is 0 Å². The molecule has 0 aliphatic rings. The highest BCUT2D eigenvalue weighted by Gasteiger charge is 2.16. The predicted octanol–water partition coefficient (Wildman–Crippen LogP) is 2.98. The molecule has 4 heteroatoms. The van der Waals surface area contributed by atoms with Crippen LogP contribution in [0.25, 0.3) is 5.57 Å². The molecule has 0 aromatic heterocycles. The third-order valence-corrected chi connectivity index (χ3v) is 2.16. The third kappa shape index (κ3) is 2.16. The van der Waals surface area contributed by atoms with Crippen LogP contribution in [-0.2, 0) is 0 Å². The summed E-state index contributed by atoms with van der Waals surface area (Å²) in [6, 6.07) is 2.26. The normalized spacial score (nSPS) is 11.5. The average Bonchev–Trinajstić information content (AvgIpc) is 2.22. The van der Waals surface area contributed by atoms with Gasteiger partial charge in [0.2, 0.25) is 0 Å². The van der Waals surface area contributed by atoms with Crippen molar-refractivity contribution in [2.24, 2.45) is 0 Å². The van der Waals surface area contributed by atoms with Crippen LogP contribution < -0.4 is 5.73 Å². The van der Waals surface area contributed by atoms with Crippen LogP contribution in [0.15, 0.2) is 30.5 Å². The van der Waals surface area contributed by atoms with Crippen molar-refractivity contribution in [3.8, 4) is 5.75 Å². The molecule has 16 heavy (non-hydrogen) atoms. The maximum atomic E-state index is 13.6. The lowest BCUT2D eigenvalue weighted by Crippen LogP contribution is -2.00. The number of aliphatic hydroxyl groups is 1. The van der Waals surface area contributed by atoms with E-state index in [1.54, 1.807) is 6.08 Å². The van der Waals surface area contributed by atoms with E-state index in [9.17, 15) is 14.6 Å². The minimum absolute atomic E-state index is 0.0191. The van der Waals surface area contributed by atoms with Crippen molar-refractivity contribution in [3.05, 3.63) is 41.9 Å². The number of aromatic hydroxyl groups is 1. The van der Waals surface area contributed by atoms with Gasteiger partial charge in [0.15, 0.2) is 0 Å². The number of phenols is 1. The molecular weight excluding hydrogens is 209 g/mol. The molecule has 0 heterocycles. The number of aliphatic hydroxyl groups excluding tert-OH is 1. The first kappa shape index (κ1) is 12.1. The van der Waals surface area contributed by atoms with Gasteiger partial charge in [-0.15, -0.1) is 0 Å². The molecule has 0 saturated heterocycles. The second-order valence-electron chi connectivity index (χ2n) is 3.33. The minimum Gasteiger partial charge on any atom is -0.508 e. The summed E-state index contributed by atoms with van der Waals surface area (Å²) in [6.07, 6.45) is 2.18. The molecule has 1 rings (SSSR count). The molecule has 0 amide bonds. The Bertz CT molecular complexity index is 453. The van der Waals surface area contributed by atoms with Crippen LogP contribution in [0.5, 0.6) is 5.75 Å². The molecule has 0 aliphatic carbocycles. The lowest BCUT2D eigenvalue weighted by molar-refractivity contribution is 0.439. The fourth-order valence-electron chi connectivity index (χ4n) is 1.42. The molecule has 1 aromatic carbocycles. The highest BCUT2D eigenvalue weighted by molar-refractivity contribution is 5.85. The number of hydrogen-bond acceptors (Lipinski definition) is 3. The summed E-state index contributed by atoms with van der Waals surface area (Å²) in [5.41, 5.74) is 5.65. The fraction of sp³-hybridized carbons (Fsp3) is 0.167. The summed E-state index contributed by atoms with van der Waals surface area (Å²) in [5.74, 6) is -1.11. The van der Waals surface area contributed by atoms with Crippen molar-refractivity contribution in [2.45, 2.75) is 13.3 Å². The second kappa shape index (κ2) is 4.70. The zero-order valence-electron chi connectivity index (χ0n) is 9.00. The Hall–Kier alpha value is -1.97. The van der Waals surface area contributed by atoms with Crippen LogP contribution in [0.4, 0.5) is 10.1 Å². The molecule has 0 atom stereocenters. The van der Waals surface area contributed by atoms with Crippen molar-refractivity contribution in [1.29, 1.82) is 0 Å². The minimum atomic E-state index is -0.606. The molecular formula is C12H14FNO2. The zero-order chi connectivity index (χ0) is 12.3. The topological polar surface area (TPSA) is 66.5 Å². The zero-order valence-corrected chi connectivity index (χ0v) is 9.00. The second-order valence-corrected chi connectivity index (χ2v) is 3.33. The first-order valence-corrected chi connectivity index (χ1v) is 4.84. The van der Waals surface area contributed by atoms with Crippen molar-refractivity contribution in [1.82, 2.24) is 0 Å². The molecule has 0 saturated carbocycles. The van der Waals surface area contributed by atoms with Gasteiger partial charge in [0.05, 0.1) is 5.69 Å².